The summed E-state index contributed by atoms with van der Waals surface area (Å²) in [4.78, 5) is 38.3. The minimum atomic E-state index is -1.05. The average Bonchev–Trinajstić information content (AvgIpc) is 3.13. The number of amides is 3. The molecule has 2 heterocycles. The minimum absolute atomic E-state index is 0.00218. The van der Waals surface area contributed by atoms with Crippen LogP contribution < -0.4 is 5.32 Å². The SMILES string of the molecule is C[C@@]1(c2ccsc2)NC(=O)N(CC(=O)C2CCCCC2)C1=O. The first-order valence-electron chi connectivity index (χ1n) is 7.72. The van der Waals surface area contributed by atoms with Gasteiger partial charge >= 0.3 is 6.03 Å². The molecule has 0 bridgehead atoms. The van der Waals surface area contributed by atoms with Gasteiger partial charge in [-0.25, -0.2) is 4.79 Å². The molecule has 3 rings (SSSR count). The molecule has 0 unspecified atom stereocenters. The van der Waals surface area contributed by atoms with Crippen molar-refractivity contribution in [1.29, 1.82) is 0 Å². The summed E-state index contributed by atoms with van der Waals surface area (Å²) in [5, 5.41) is 6.46. The van der Waals surface area contributed by atoms with E-state index < -0.39 is 11.6 Å². The maximum atomic E-state index is 12.6. The van der Waals surface area contributed by atoms with E-state index in [1.54, 1.807) is 6.92 Å². The van der Waals surface area contributed by atoms with Gasteiger partial charge in [-0.2, -0.15) is 11.3 Å². The van der Waals surface area contributed by atoms with Gasteiger partial charge in [0.05, 0.1) is 6.54 Å². The highest BCUT2D eigenvalue weighted by Gasteiger charge is 2.49. The van der Waals surface area contributed by atoms with Crippen molar-refractivity contribution in [1.82, 2.24) is 10.2 Å². The van der Waals surface area contributed by atoms with Crippen LogP contribution in [-0.4, -0.2) is 29.2 Å². The maximum Gasteiger partial charge on any atom is 0.325 e. The Bertz CT molecular complexity index is 593. The molecule has 3 amide bonds. The lowest BCUT2D eigenvalue weighted by molar-refractivity contribution is -0.135. The average molecular weight is 320 g/mol. The van der Waals surface area contributed by atoms with E-state index in [1.807, 2.05) is 16.8 Å². The fourth-order valence-corrected chi connectivity index (χ4v) is 4.06. The Kier molecular flexibility index (Phi) is 4.04. The normalized spacial score (nSPS) is 26.3. The van der Waals surface area contributed by atoms with Crippen molar-refractivity contribution in [3.63, 3.8) is 0 Å². The zero-order chi connectivity index (χ0) is 15.7. The van der Waals surface area contributed by atoms with Crippen LogP contribution in [0.5, 0.6) is 0 Å². The fourth-order valence-electron chi connectivity index (χ4n) is 3.29. The van der Waals surface area contributed by atoms with E-state index in [1.165, 1.54) is 17.8 Å². The monoisotopic (exact) mass is 320 g/mol. The molecular weight excluding hydrogens is 300 g/mol. The highest BCUT2D eigenvalue weighted by Crippen LogP contribution is 2.31. The molecule has 2 fully saturated rings. The molecule has 1 saturated carbocycles. The number of nitrogens with one attached hydrogen (secondary N) is 1. The van der Waals surface area contributed by atoms with E-state index in [2.05, 4.69) is 5.32 Å². The van der Waals surface area contributed by atoms with Gasteiger partial charge in [0.15, 0.2) is 5.78 Å². The molecule has 22 heavy (non-hydrogen) atoms. The van der Waals surface area contributed by atoms with Crippen molar-refractivity contribution >= 4 is 29.1 Å². The van der Waals surface area contributed by atoms with Gasteiger partial charge in [-0.3, -0.25) is 14.5 Å². The van der Waals surface area contributed by atoms with Crippen LogP contribution in [0.3, 0.4) is 0 Å². The highest BCUT2D eigenvalue weighted by atomic mass is 32.1. The summed E-state index contributed by atoms with van der Waals surface area (Å²) in [6, 6.07) is 1.36. The number of Topliss-reactive ketones (excluding diaryl/α,β-unsaturated/α-hetero) is 1. The first-order valence-corrected chi connectivity index (χ1v) is 8.66. The smallest absolute Gasteiger partial charge is 0.319 e. The third-order valence-electron chi connectivity index (χ3n) is 4.75. The van der Waals surface area contributed by atoms with Crippen LogP contribution in [0.15, 0.2) is 16.8 Å². The second kappa shape index (κ2) is 5.83. The molecule has 1 aromatic heterocycles. The summed E-state index contributed by atoms with van der Waals surface area (Å²) >= 11 is 1.48. The Balaban J connectivity index is 1.73. The van der Waals surface area contributed by atoms with Gasteiger partial charge in [0.1, 0.15) is 5.54 Å². The standard InChI is InChI=1S/C16H20N2O3S/c1-16(12-7-8-22-10-12)14(20)18(15(21)17-16)9-13(19)11-5-3-2-4-6-11/h7-8,10-11H,2-6,9H2,1H3,(H,17,21)/t16-/m0/s1. The van der Waals surface area contributed by atoms with Gasteiger partial charge in [0, 0.05) is 5.92 Å². The molecule has 1 aliphatic heterocycles. The molecular formula is C16H20N2O3S. The zero-order valence-corrected chi connectivity index (χ0v) is 13.4. The molecule has 0 spiro atoms. The molecule has 118 valence electrons. The van der Waals surface area contributed by atoms with Crippen LogP contribution in [0.4, 0.5) is 4.79 Å². The number of hydrogen-bond donors (Lipinski definition) is 1. The van der Waals surface area contributed by atoms with Gasteiger partial charge in [-0.05, 0) is 42.2 Å². The fraction of sp³-hybridized carbons (Fsp3) is 0.562. The number of carbonyl (C=O) groups is 3. The first-order chi connectivity index (χ1) is 10.5. The van der Waals surface area contributed by atoms with Crippen molar-refractivity contribution in [3.8, 4) is 0 Å². The van der Waals surface area contributed by atoms with Crippen LogP contribution in [0.25, 0.3) is 0 Å². The number of urea groups is 1. The van der Waals surface area contributed by atoms with E-state index in [0.29, 0.717) is 0 Å². The van der Waals surface area contributed by atoms with Crippen LogP contribution in [0.2, 0.25) is 0 Å². The second-order valence-electron chi connectivity index (χ2n) is 6.26. The molecule has 1 aliphatic carbocycles. The van der Waals surface area contributed by atoms with E-state index in [4.69, 9.17) is 0 Å². The van der Waals surface area contributed by atoms with Gasteiger partial charge in [0.2, 0.25) is 0 Å². The number of carbonyl (C=O) groups excluding carboxylic acids is 3. The van der Waals surface area contributed by atoms with E-state index in [-0.39, 0.29) is 24.2 Å². The summed E-state index contributed by atoms with van der Waals surface area (Å²) < 4.78 is 0. The summed E-state index contributed by atoms with van der Waals surface area (Å²) in [7, 11) is 0. The Morgan fingerprint density at radius 3 is 2.73 bits per heavy atom. The van der Waals surface area contributed by atoms with Crippen molar-refractivity contribution in [2.45, 2.75) is 44.6 Å². The number of nitrogens with zero attached hydrogens (tertiary/aromatic N) is 1. The van der Waals surface area contributed by atoms with Crippen molar-refractivity contribution in [2.75, 3.05) is 6.54 Å². The molecule has 1 atom stereocenters. The van der Waals surface area contributed by atoms with E-state index >= 15 is 0 Å². The lowest BCUT2D eigenvalue weighted by atomic mass is 9.86. The van der Waals surface area contributed by atoms with Crippen molar-refractivity contribution in [2.24, 2.45) is 5.92 Å². The molecule has 1 N–H and O–H groups in total. The number of ketones is 1. The van der Waals surface area contributed by atoms with E-state index in [0.717, 1.165) is 36.1 Å². The quantitative estimate of drug-likeness (QED) is 0.867. The molecule has 0 aromatic carbocycles. The molecule has 6 heteroatoms. The Hall–Kier alpha value is -1.69. The molecule has 1 saturated heterocycles. The Morgan fingerprint density at radius 1 is 1.36 bits per heavy atom. The summed E-state index contributed by atoms with van der Waals surface area (Å²) in [5.41, 5.74) is -0.285. The van der Waals surface area contributed by atoms with Crippen LogP contribution in [0.1, 0.15) is 44.6 Å². The predicted molar refractivity (Wildman–Crippen MR) is 83.5 cm³/mol. The molecule has 0 radical (unpaired) electrons. The van der Waals surface area contributed by atoms with Gasteiger partial charge in [-0.15, -0.1) is 0 Å². The van der Waals surface area contributed by atoms with Gasteiger partial charge in [-0.1, -0.05) is 19.3 Å². The second-order valence-corrected chi connectivity index (χ2v) is 7.04. The summed E-state index contributed by atoms with van der Waals surface area (Å²) in [6.07, 6.45) is 5.05. The lowest BCUT2D eigenvalue weighted by Gasteiger charge is -2.23. The minimum Gasteiger partial charge on any atom is -0.319 e. The lowest BCUT2D eigenvalue weighted by Crippen LogP contribution is -2.42. The Morgan fingerprint density at radius 2 is 2.09 bits per heavy atom. The van der Waals surface area contributed by atoms with E-state index in [9.17, 15) is 14.4 Å². The molecule has 1 aromatic rings. The number of imide groups is 1. The number of thiophene rings is 1. The predicted octanol–water partition coefficient (Wildman–Crippen LogP) is 2.66. The molecule has 5 nitrogen and oxygen atoms in total. The summed E-state index contributed by atoms with van der Waals surface area (Å²) in [5.74, 6) is -0.319. The zero-order valence-electron chi connectivity index (χ0n) is 12.6. The van der Waals surface area contributed by atoms with Gasteiger partial charge in [0.25, 0.3) is 5.91 Å². The van der Waals surface area contributed by atoms with Crippen molar-refractivity contribution in [3.05, 3.63) is 22.4 Å². The van der Waals surface area contributed by atoms with Crippen LogP contribution >= 0.6 is 11.3 Å². The van der Waals surface area contributed by atoms with Gasteiger partial charge < -0.3 is 5.32 Å². The van der Waals surface area contributed by atoms with Crippen LogP contribution in [-0.2, 0) is 15.1 Å². The Labute approximate surface area is 133 Å². The van der Waals surface area contributed by atoms with Crippen molar-refractivity contribution < 1.29 is 14.4 Å². The topological polar surface area (TPSA) is 66.5 Å². The summed E-state index contributed by atoms with van der Waals surface area (Å²) in [6.45, 7) is 1.59. The number of rotatable bonds is 4. The largest absolute Gasteiger partial charge is 0.325 e. The maximum absolute atomic E-state index is 12.6. The van der Waals surface area contributed by atoms with Crippen LogP contribution in [0, 0.1) is 5.92 Å². The first kappa shape index (κ1) is 15.2. The molecule has 2 aliphatic rings. The third kappa shape index (κ3) is 2.56. The third-order valence-corrected chi connectivity index (χ3v) is 5.43. The number of hydrogen-bond acceptors (Lipinski definition) is 4. The highest BCUT2D eigenvalue weighted by molar-refractivity contribution is 7.08.